The number of benzene rings is 2. The van der Waals surface area contributed by atoms with Gasteiger partial charge in [-0.3, -0.25) is 4.79 Å². The Balaban J connectivity index is 1.63. The lowest BCUT2D eigenvalue weighted by molar-refractivity contribution is 0.0900. The van der Waals surface area contributed by atoms with Crippen LogP contribution < -0.4 is 10.1 Å². The largest absolute Gasteiger partial charge is 0.486 e. The van der Waals surface area contributed by atoms with Crippen LogP contribution in [-0.2, 0) is 6.61 Å². The summed E-state index contributed by atoms with van der Waals surface area (Å²) in [6, 6.07) is 17.8. The topological polar surface area (TPSA) is 54.7 Å². The minimum atomic E-state index is -0.272. The highest BCUT2D eigenvalue weighted by Gasteiger charge is 2.19. The number of hydrogen-bond donors (Lipinski definition) is 1. The number of carbonyl (C=O) groups excluding carboxylic acids is 1. The number of halogens is 2. The zero-order valence-corrected chi connectivity index (χ0v) is 18.4. The minimum absolute atomic E-state index is 0.156. The smallest absolute Gasteiger partial charge is 0.287 e. The van der Waals surface area contributed by atoms with Crippen LogP contribution in [0, 0.1) is 0 Å². The summed E-state index contributed by atoms with van der Waals surface area (Å²) in [7, 11) is 4.00. The van der Waals surface area contributed by atoms with E-state index in [1.807, 2.05) is 38.4 Å². The predicted molar refractivity (Wildman–Crippen MR) is 119 cm³/mol. The summed E-state index contributed by atoms with van der Waals surface area (Å²) >= 11 is 11.9. The minimum Gasteiger partial charge on any atom is -0.486 e. The van der Waals surface area contributed by atoms with E-state index in [2.05, 4.69) is 10.2 Å². The van der Waals surface area contributed by atoms with Crippen molar-refractivity contribution in [3.63, 3.8) is 0 Å². The van der Waals surface area contributed by atoms with Crippen LogP contribution in [0.2, 0.25) is 10.0 Å². The lowest BCUT2D eigenvalue weighted by Gasteiger charge is -2.21. The second kappa shape index (κ2) is 10.5. The molecule has 7 heteroatoms. The van der Waals surface area contributed by atoms with E-state index in [0.29, 0.717) is 21.6 Å². The number of hydrogen-bond acceptors (Lipinski definition) is 4. The summed E-state index contributed by atoms with van der Waals surface area (Å²) in [5.74, 6) is 1.21. The first kappa shape index (κ1) is 22.2. The third-order valence-corrected chi connectivity index (χ3v) is 5.03. The maximum atomic E-state index is 12.8. The van der Waals surface area contributed by atoms with Gasteiger partial charge in [-0.15, -0.1) is 0 Å². The number of carbonyl (C=O) groups is 1. The number of amides is 1. The Morgan fingerprint density at radius 1 is 1.00 bits per heavy atom. The number of nitrogens with zero attached hydrogens (tertiary/aromatic N) is 1. The van der Waals surface area contributed by atoms with Crippen molar-refractivity contribution in [2.24, 2.45) is 0 Å². The third-order valence-electron chi connectivity index (χ3n) is 4.52. The summed E-state index contributed by atoms with van der Waals surface area (Å²) in [5.41, 5.74) is 0.993. The summed E-state index contributed by atoms with van der Waals surface area (Å²) in [6.07, 6.45) is 0.758. The lowest BCUT2D eigenvalue weighted by atomic mass is 10.0. The first-order valence-electron chi connectivity index (χ1n) is 9.59. The van der Waals surface area contributed by atoms with Gasteiger partial charge in [-0.1, -0.05) is 35.3 Å². The Morgan fingerprint density at radius 3 is 2.27 bits per heavy atom. The molecular formula is C23H24Cl2N2O3. The molecule has 0 saturated heterocycles. The van der Waals surface area contributed by atoms with Gasteiger partial charge in [0.15, 0.2) is 5.76 Å². The molecule has 0 aliphatic carbocycles. The number of furan rings is 1. The van der Waals surface area contributed by atoms with Gasteiger partial charge in [0.05, 0.1) is 6.04 Å². The SMILES string of the molecule is CN(C)CCC(NC(=O)c1ccc(COc2ccc(Cl)cc2)o1)c1ccc(Cl)cc1. The second-order valence-electron chi connectivity index (χ2n) is 7.18. The Kier molecular flexibility index (Phi) is 7.80. The Morgan fingerprint density at radius 2 is 1.63 bits per heavy atom. The van der Waals surface area contributed by atoms with E-state index in [9.17, 15) is 4.79 Å². The van der Waals surface area contributed by atoms with Crippen molar-refractivity contribution in [3.8, 4) is 5.75 Å². The molecule has 0 saturated carbocycles. The summed E-state index contributed by atoms with van der Waals surface area (Å²) in [5, 5.41) is 4.36. The van der Waals surface area contributed by atoms with Gasteiger partial charge in [0.1, 0.15) is 18.1 Å². The molecule has 5 nitrogen and oxygen atoms in total. The molecule has 1 unspecified atom stereocenters. The van der Waals surface area contributed by atoms with Gasteiger partial charge in [0.25, 0.3) is 5.91 Å². The first-order valence-corrected chi connectivity index (χ1v) is 10.3. The molecule has 0 aliphatic heterocycles. The van der Waals surface area contributed by atoms with Crippen molar-refractivity contribution in [2.45, 2.75) is 19.1 Å². The predicted octanol–water partition coefficient (Wildman–Crippen LogP) is 5.59. The van der Waals surface area contributed by atoms with E-state index in [-0.39, 0.29) is 24.3 Å². The molecule has 0 spiro atoms. The lowest BCUT2D eigenvalue weighted by Crippen LogP contribution is -2.30. The third kappa shape index (κ3) is 6.52. The molecule has 0 bridgehead atoms. The summed E-state index contributed by atoms with van der Waals surface area (Å²) < 4.78 is 11.3. The number of rotatable bonds is 9. The Hall–Kier alpha value is -2.47. The molecule has 1 amide bonds. The van der Waals surface area contributed by atoms with Crippen LogP contribution in [0.25, 0.3) is 0 Å². The van der Waals surface area contributed by atoms with Crippen molar-refractivity contribution in [2.75, 3.05) is 20.6 Å². The van der Waals surface area contributed by atoms with Crippen LogP contribution in [0.15, 0.2) is 65.1 Å². The van der Waals surface area contributed by atoms with E-state index < -0.39 is 0 Å². The molecule has 3 rings (SSSR count). The average molecular weight is 447 g/mol. The Labute approximate surface area is 186 Å². The van der Waals surface area contributed by atoms with Gasteiger partial charge >= 0.3 is 0 Å². The zero-order chi connectivity index (χ0) is 21.5. The van der Waals surface area contributed by atoms with E-state index in [0.717, 1.165) is 18.5 Å². The van der Waals surface area contributed by atoms with Gasteiger partial charge in [-0.2, -0.15) is 0 Å². The fourth-order valence-electron chi connectivity index (χ4n) is 2.90. The Bertz CT molecular complexity index is 953. The van der Waals surface area contributed by atoms with E-state index in [1.165, 1.54) is 0 Å². The van der Waals surface area contributed by atoms with Crippen LogP contribution in [0.1, 0.15) is 34.3 Å². The average Bonchev–Trinajstić information content (AvgIpc) is 3.20. The van der Waals surface area contributed by atoms with E-state index in [1.54, 1.807) is 36.4 Å². The highest BCUT2D eigenvalue weighted by atomic mass is 35.5. The molecule has 2 aromatic carbocycles. The van der Waals surface area contributed by atoms with Crippen molar-refractivity contribution < 1.29 is 13.9 Å². The molecule has 1 heterocycles. The van der Waals surface area contributed by atoms with Gasteiger partial charge in [-0.25, -0.2) is 0 Å². The fraction of sp³-hybridized carbons (Fsp3) is 0.261. The van der Waals surface area contributed by atoms with Gasteiger partial charge in [0.2, 0.25) is 0 Å². The number of ether oxygens (including phenoxy) is 1. The molecule has 1 atom stereocenters. The van der Waals surface area contributed by atoms with Crippen LogP contribution in [0.5, 0.6) is 5.75 Å². The zero-order valence-electron chi connectivity index (χ0n) is 16.9. The standard InChI is InChI=1S/C23H24Cl2N2O3/c1-27(2)14-13-21(16-3-5-17(24)6-4-16)26-23(28)22-12-11-20(30-22)15-29-19-9-7-18(25)8-10-19/h3-12,21H,13-15H2,1-2H3,(H,26,28). The highest BCUT2D eigenvalue weighted by molar-refractivity contribution is 6.30. The molecule has 1 N–H and O–H groups in total. The molecule has 158 valence electrons. The maximum Gasteiger partial charge on any atom is 0.287 e. The van der Waals surface area contributed by atoms with Crippen molar-refractivity contribution in [1.82, 2.24) is 10.2 Å². The quantitative estimate of drug-likeness (QED) is 0.465. The number of nitrogens with one attached hydrogen (secondary N) is 1. The van der Waals surface area contributed by atoms with E-state index >= 15 is 0 Å². The van der Waals surface area contributed by atoms with Crippen molar-refractivity contribution in [1.29, 1.82) is 0 Å². The monoisotopic (exact) mass is 446 g/mol. The molecule has 1 aromatic heterocycles. The van der Waals surface area contributed by atoms with E-state index in [4.69, 9.17) is 32.4 Å². The van der Waals surface area contributed by atoms with Crippen molar-refractivity contribution in [3.05, 3.63) is 87.8 Å². The normalized spacial score (nSPS) is 12.0. The molecule has 30 heavy (non-hydrogen) atoms. The molecule has 3 aromatic rings. The maximum absolute atomic E-state index is 12.8. The van der Waals surface area contributed by atoms with Crippen molar-refractivity contribution >= 4 is 29.1 Å². The molecule has 0 fully saturated rings. The van der Waals surface area contributed by atoms with Crippen LogP contribution in [-0.4, -0.2) is 31.4 Å². The fourth-order valence-corrected chi connectivity index (χ4v) is 3.15. The molecular weight excluding hydrogens is 423 g/mol. The molecule has 0 radical (unpaired) electrons. The molecule has 0 aliphatic rings. The van der Waals surface area contributed by atoms with Gasteiger partial charge in [0, 0.05) is 10.0 Å². The highest BCUT2D eigenvalue weighted by Crippen LogP contribution is 2.21. The first-order chi connectivity index (χ1) is 14.4. The van der Waals surface area contributed by atoms with Crippen LogP contribution >= 0.6 is 23.2 Å². The summed E-state index contributed by atoms with van der Waals surface area (Å²) in [6.45, 7) is 1.04. The second-order valence-corrected chi connectivity index (χ2v) is 8.05. The van der Waals surface area contributed by atoms with Crippen LogP contribution in [0.3, 0.4) is 0 Å². The van der Waals surface area contributed by atoms with Gasteiger partial charge < -0.3 is 19.4 Å². The van der Waals surface area contributed by atoms with Gasteiger partial charge in [-0.05, 0) is 81.2 Å². The van der Waals surface area contributed by atoms with Crippen LogP contribution in [0.4, 0.5) is 0 Å². The summed E-state index contributed by atoms with van der Waals surface area (Å²) in [4.78, 5) is 14.8.